The number of ether oxygens (including phenoxy) is 1. The number of nitrogens with zero attached hydrogens (tertiary/aromatic N) is 3. The lowest BCUT2D eigenvalue weighted by molar-refractivity contribution is -0.137. The van der Waals surface area contributed by atoms with Gasteiger partial charge in [-0.2, -0.15) is 13.2 Å². The summed E-state index contributed by atoms with van der Waals surface area (Å²) in [6.45, 7) is 1.66. The first-order chi connectivity index (χ1) is 19.2. The molecule has 0 atom stereocenters. The molecular weight excluding hydrogens is 529 g/mol. The van der Waals surface area contributed by atoms with Crippen LogP contribution in [0.2, 0.25) is 0 Å². The summed E-state index contributed by atoms with van der Waals surface area (Å²) in [5.41, 5.74) is 2.55. The fraction of sp³-hybridized carbons (Fsp3) is 0.214. The van der Waals surface area contributed by atoms with Crippen molar-refractivity contribution < 1.29 is 37.2 Å². The van der Waals surface area contributed by atoms with Gasteiger partial charge in [0.25, 0.3) is 0 Å². The molecule has 0 saturated carbocycles. The first-order valence-corrected chi connectivity index (χ1v) is 11.8. The largest absolute Gasteiger partial charge is 0.464 e. The van der Waals surface area contributed by atoms with Gasteiger partial charge in [0, 0.05) is 28.1 Å². The van der Waals surface area contributed by atoms with Crippen LogP contribution in [-0.2, 0) is 36.8 Å². The highest BCUT2D eigenvalue weighted by molar-refractivity contribution is 6.47. The lowest BCUT2D eigenvalue weighted by Gasteiger charge is -2.12. The predicted octanol–water partition coefficient (Wildman–Crippen LogP) is 5.92. The van der Waals surface area contributed by atoms with Crippen molar-refractivity contribution in [1.29, 1.82) is 0 Å². The SMILES string of the molecule is CO/N=C(/C(C)=N/OCc1ccccc1/C(=N\OC)C(=O)OC)c1ccc(Nc2cccc(C(F)(F)F)c2)cc1. The van der Waals surface area contributed by atoms with E-state index in [1.807, 2.05) is 0 Å². The fourth-order valence-corrected chi connectivity index (χ4v) is 3.57. The molecule has 1 N–H and O–H groups in total. The van der Waals surface area contributed by atoms with Crippen molar-refractivity contribution in [3.05, 3.63) is 95.1 Å². The number of anilines is 2. The van der Waals surface area contributed by atoms with Crippen molar-refractivity contribution >= 4 is 34.5 Å². The minimum Gasteiger partial charge on any atom is -0.464 e. The van der Waals surface area contributed by atoms with E-state index in [-0.39, 0.29) is 12.3 Å². The highest BCUT2D eigenvalue weighted by atomic mass is 19.4. The monoisotopic (exact) mass is 556 g/mol. The number of esters is 1. The molecule has 0 saturated heterocycles. The van der Waals surface area contributed by atoms with Gasteiger partial charge in [0.1, 0.15) is 32.2 Å². The fourth-order valence-electron chi connectivity index (χ4n) is 3.57. The first-order valence-electron chi connectivity index (χ1n) is 11.8. The lowest BCUT2D eigenvalue weighted by Crippen LogP contribution is -2.19. The van der Waals surface area contributed by atoms with Crippen LogP contribution in [0.4, 0.5) is 24.5 Å². The average Bonchev–Trinajstić information content (AvgIpc) is 2.95. The van der Waals surface area contributed by atoms with Crippen molar-refractivity contribution in [2.24, 2.45) is 15.5 Å². The number of hydrogen-bond acceptors (Lipinski definition) is 9. The molecular formula is C28H27F3N4O5. The van der Waals surface area contributed by atoms with Crippen molar-refractivity contribution in [2.45, 2.75) is 19.7 Å². The van der Waals surface area contributed by atoms with Crippen molar-refractivity contribution in [2.75, 3.05) is 26.6 Å². The van der Waals surface area contributed by atoms with Gasteiger partial charge in [0.2, 0.25) is 0 Å². The van der Waals surface area contributed by atoms with Crippen molar-refractivity contribution in [3.8, 4) is 0 Å². The van der Waals surface area contributed by atoms with Crippen molar-refractivity contribution in [3.63, 3.8) is 0 Å². The standard InChI is InChI=1S/C28H27F3N4O5/c1-18(33-40-17-20-8-5-6-11-24(20)26(35-39-4)27(36)37-2)25(34-38-3)19-12-14-22(15-13-19)32-23-10-7-9-21(16-23)28(29,30)31/h5-16,32H,17H2,1-4H3/b33-18+,34-25-,35-26+. The Morgan fingerprint density at radius 1 is 0.825 bits per heavy atom. The van der Waals surface area contributed by atoms with Crippen LogP contribution in [0.1, 0.15) is 29.2 Å². The first kappa shape index (κ1) is 29.7. The summed E-state index contributed by atoms with van der Waals surface area (Å²) in [7, 11) is 3.95. The van der Waals surface area contributed by atoms with E-state index in [1.54, 1.807) is 61.5 Å². The van der Waals surface area contributed by atoms with E-state index in [9.17, 15) is 18.0 Å². The van der Waals surface area contributed by atoms with Gasteiger partial charge < -0.3 is 24.6 Å². The molecule has 40 heavy (non-hydrogen) atoms. The van der Waals surface area contributed by atoms with E-state index < -0.39 is 17.7 Å². The summed E-state index contributed by atoms with van der Waals surface area (Å²) in [5, 5.41) is 14.9. The molecule has 3 aromatic rings. The Morgan fingerprint density at radius 2 is 1.50 bits per heavy atom. The molecule has 12 heteroatoms. The van der Waals surface area contributed by atoms with Gasteiger partial charge >= 0.3 is 12.1 Å². The van der Waals surface area contributed by atoms with Crippen LogP contribution in [-0.4, -0.2) is 44.4 Å². The third kappa shape index (κ3) is 7.82. The molecule has 0 aliphatic carbocycles. The molecule has 0 heterocycles. The number of methoxy groups -OCH3 is 1. The molecule has 0 radical (unpaired) electrons. The maximum absolute atomic E-state index is 13.0. The zero-order valence-electron chi connectivity index (χ0n) is 22.2. The Bertz CT molecular complexity index is 1400. The molecule has 0 amide bonds. The summed E-state index contributed by atoms with van der Waals surface area (Å²) >= 11 is 0. The normalized spacial score (nSPS) is 12.5. The van der Waals surface area contributed by atoms with E-state index in [0.29, 0.717) is 39.5 Å². The van der Waals surface area contributed by atoms with Gasteiger partial charge in [-0.05, 0) is 37.3 Å². The Hall–Kier alpha value is -4.87. The van der Waals surface area contributed by atoms with Gasteiger partial charge in [-0.25, -0.2) is 4.79 Å². The molecule has 0 spiro atoms. The molecule has 3 rings (SSSR count). The molecule has 0 unspecified atom stereocenters. The number of nitrogens with one attached hydrogen (secondary N) is 1. The van der Waals surface area contributed by atoms with Gasteiger partial charge in [0.15, 0.2) is 5.71 Å². The van der Waals surface area contributed by atoms with Crippen LogP contribution in [0.15, 0.2) is 88.3 Å². The summed E-state index contributed by atoms with van der Waals surface area (Å²) < 4.78 is 43.8. The Balaban J connectivity index is 1.75. The quantitative estimate of drug-likeness (QED) is 0.179. The number of carbonyl (C=O) groups excluding carboxylic acids is 1. The van der Waals surface area contributed by atoms with E-state index in [1.165, 1.54) is 27.4 Å². The maximum atomic E-state index is 13.0. The highest BCUT2D eigenvalue weighted by Gasteiger charge is 2.30. The molecule has 0 aliphatic heterocycles. The van der Waals surface area contributed by atoms with E-state index in [4.69, 9.17) is 19.2 Å². The Morgan fingerprint density at radius 3 is 2.15 bits per heavy atom. The van der Waals surface area contributed by atoms with E-state index in [0.717, 1.165) is 12.1 Å². The van der Waals surface area contributed by atoms with Crippen molar-refractivity contribution in [1.82, 2.24) is 0 Å². The van der Waals surface area contributed by atoms with Crippen LogP contribution >= 0.6 is 0 Å². The van der Waals surface area contributed by atoms with Crippen LogP contribution < -0.4 is 5.32 Å². The Labute approximate surface area is 228 Å². The van der Waals surface area contributed by atoms with E-state index >= 15 is 0 Å². The van der Waals surface area contributed by atoms with Gasteiger partial charge in [-0.15, -0.1) is 0 Å². The highest BCUT2D eigenvalue weighted by Crippen LogP contribution is 2.31. The number of alkyl halides is 3. The summed E-state index contributed by atoms with van der Waals surface area (Å²) in [5.74, 6) is -0.672. The Kier molecular flexibility index (Phi) is 10.2. The average molecular weight is 557 g/mol. The minimum absolute atomic E-state index is 0.00660. The zero-order chi connectivity index (χ0) is 29.1. The number of carbonyl (C=O) groups is 1. The number of benzene rings is 3. The topological polar surface area (TPSA) is 103 Å². The maximum Gasteiger partial charge on any atom is 0.416 e. The predicted molar refractivity (Wildman–Crippen MR) is 145 cm³/mol. The number of oxime groups is 3. The molecule has 3 aromatic carbocycles. The third-order valence-electron chi connectivity index (χ3n) is 5.42. The van der Waals surface area contributed by atoms with Crippen LogP contribution in [0.3, 0.4) is 0 Å². The van der Waals surface area contributed by atoms with Gasteiger partial charge in [-0.1, -0.05) is 57.9 Å². The van der Waals surface area contributed by atoms with Gasteiger partial charge in [-0.3, -0.25) is 0 Å². The van der Waals surface area contributed by atoms with Gasteiger partial charge in [0.05, 0.1) is 12.7 Å². The lowest BCUT2D eigenvalue weighted by atomic mass is 10.0. The minimum atomic E-state index is -4.44. The smallest absolute Gasteiger partial charge is 0.416 e. The number of halogens is 3. The molecule has 0 bridgehead atoms. The summed E-state index contributed by atoms with van der Waals surface area (Å²) in [6.07, 6.45) is -4.44. The van der Waals surface area contributed by atoms with Crippen LogP contribution in [0.25, 0.3) is 0 Å². The molecule has 0 aromatic heterocycles. The van der Waals surface area contributed by atoms with Crippen LogP contribution in [0, 0.1) is 0 Å². The second kappa shape index (κ2) is 13.8. The molecule has 0 fully saturated rings. The molecule has 210 valence electrons. The zero-order valence-corrected chi connectivity index (χ0v) is 22.2. The van der Waals surface area contributed by atoms with Crippen LogP contribution in [0.5, 0.6) is 0 Å². The summed E-state index contributed by atoms with van der Waals surface area (Å²) in [4.78, 5) is 27.5. The second-order valence-electron chi connectivity index (χ2n) is 8.12. The summed E-state index contributed by atoms with van der Waals surface area (Å²) in [6, 6.07) is 18.7. The van der Waals surface area contributed by atoms with E-state index in [2.05, 4.69) is 20.8 Å². The molecule has 0 aliphatic rings. The molecule has 9 nitrogen and oxygen atoms in total. The second-order valence-corrected chi connectivity index (χ2v) is 8.12. The number of rotatable bonds is 11. The number of hydrogen-bond donors (Lipinski definition) is 1. The third-order valence-corrected chi connectivity index (χ3v) is 5.42.